The van der Waals surface area contributed by atoms with Gasteiger partial charge in [0.15, 0.2) is 0 Å². The van der Waals surface area contributed by atoms with Crippen LogP contribution in [-0.4, -0.2) is 20.9 Å². The molecule has 0 saturated carbocycles. The first-order chi connectivity index (χ1) is 10.7. The highest BCUT2D eigenvalue weighted by Crippen LogP contribution is 2.29. The summed E-state index contributed by atoms with van der Waals surface area (Å²) in [7, 11) is 0. The number of imidazole rings is 1. The molecule has 3 aromatic heterocycles. The number of nitrogens with zero attached hydrogens (tertiary/aromatic N) is 3. The number of nitrogens with one attached hydrogen (secondary N) is 1. The first-order valence-electron chi connectivity index (χ1n) is 7.78. The SMILES string of the molecule is Cc1cccn2c(NCCC(C)C)c(-c3cccnc3)nc12. The van der Waals surface area contributed by atoms with Crippen molar-refractivity contribution in [3.05, 3.63) is 48.4 Å². The van der Waals surface area contributed by atoms with Crippen molar-refractivity contribution >= 4 is 11.5 Å². The van der Waals surface area contributed by atoms with E-state index in [4.69, 9.17) is 4.98 Å². The average Bonchev–Trinajstić information content (AvgIpc) is 2.88. The van der Waals surface area contributed by atoms with Gasteiger partial charge >= 0.3 is 0 Å². The predicted molar refractivity (Wildman–Crippen MR) is 91.1 cm³/mol. The van der Waals surface area contributed by atoms with Gasteiger partial charge in [0.05, 0.1) is 0 Å². The number of aromatic nitrogens is 3. The lowest BCUT2D eigenvalue weighted by atomic mass is 10.1. The third-order valence-corrected chi connectivity index (χ3v) is 3.79. The van der Waals surface area contributed by atoms with E-state index in [0.717, 1.165) is 35.7 Å². The van der Waals surface area contributed by atoms with Crippen LogP contribution in [0, 0.1) is 12.8 Å². The molecule has 3 rings (SSSR count). The number of pyridine rings is 2. The molecule has 4 heteroatoms. The van der Waals surface area contributed by atoms with E-state index < -0.39 is 0 Å². The smallest absolute Gasteiger partial charge is 0.142 e. The van der Waals surface area contributed by atoms with Crippen LogP contribution < -0.4 is 5.32 Å². The zero-order valence-electron chi connectivity index (χ0n) is 13.4. The lowest BCUT2D eigenvalue weighted by Gasteiger charge is -2.10. The van der Waals surface area contributed by atoms with Crippen molar-refractivity contribution in [2.24, 2.45) is 5.92 Å². The van der Waals surface area contributed by atoms with Crippen LogP contribution in [0.5, 0.6) is 0 Å². The van der Waals surface area contributed by atoms with Crippen LogP contribution in [0.3, 0.4) is 0 Å². The van der Waals surface area contributed by atoms with E-state index in [1.54, 1.807) is 6.20 Å². The number of aryl methyl sites for hydroxylation is 1. The summed E-state index contributed by atoms with van der Waals surface area (Å²) in [6, 6.07) is 8.15. The van der Waals surface area contributed by atoms with Gasteiger partial charge in [-0.15, -0.1) is 0 Å². The van der Waals surface area contributed by atoms with E-state index in [2.05, 4.69) is 59.9 Å². The summed E-state index contributed by atoms with van der Waals surface area (Å²) in [6.07, 6.45) is 6.85. The highest BCUT2D eigenvalue weighted by molar-refractivity contribution is 5.76. The van der Waals surface area contributed by atoms with Crippen molar-refractivity contribution < 1.29 is 0 Å². The predicted octanol–water partition coefficient (Wildman–Crippen LogP) is 4.16. The van der Waals surface area contributed by atoms with Gasteiger partial charge in [-0.3, -0.25) is 9.38 Å². The van der Waals surface area contributed by atoms with Gasteiger partial charge in [0.25, 0.3) is 0 Å². The standard InChI is InChI=1S/C18H22N4/c1-13(2)8-10-20-18-16(15-7-4-9-19-12-15)21-17-14(3)6-5-11-22(17)18/h4-7,9,11-13,20H,8,10H2,1-3H3. The molecule has 0 amide bonds. The Balaban J connectivity index is 2.07. The van der Waals surface area contributed by atoms with E-state index in [9.17, 15) is 0 Å². The Hall–Kier alpha value is -2.36. The summed E-state index contributed by atoms with van der Waals surface area (Å²) in [5.41, 5.74) is 4.17. The van der Waals surface area contributed by atoms with E-state index in [0.29, 0.717) is 5.92 Å². The third-order valence-electron chi connectivity index (χ3n) is 3.79. The number of fused-ring (bicyclic) bond motifs is 1. The zero-order valence-corrected chi connectivity index (χ0v) is 13.4. The van der Waals surface area contributed by atoms with Crippen molar-refractivity contribution in [2.75, 3.05) is 11.9 Å². The van der Waals surface area contributed by atoms with Crippen LogP contribution in [0.4, 0.5) is 5.82 Å². The second kappa shape index (κ2) is 6.18. The van der Waals surface area contributed by atoms with Crippen LogP contribution >= 0.6 is 0 Å². The fourth-order valence-electron chi connectivity index (χ4n) is 2.56. The summed E-state index contributed by atoms with van der Waals surface area (Å²) >= 11 is 0. The van der Waals surface area contributed by atoms with Gasteiger partial charge in [-0.25, -0.2) is 4.98 Å². The van der Waals surface area contributed by atoms with Gasteiger partial charge in [-0.1, -0.05) is 19.9 Å². The van der Waals surface area contributed by atoms with Gasteiger partial charge in [-0.2, -0.15) is 0 Å². The summed E-state index contributed by atoms with van der Waals surface area (Å²) in [4.78, 5) is 9.07. The van der Waals surface area contributed by atoms with Crippen LogP contribution in [0.25, 0.3) is 16.9 Å². The fraction of sp³-hybridized carbons (Fsp3) is 0.333. The first-order valence-corrected chi connectivity index (χ1v) is 7.78. The highest BCUT2D eigenvalue weighted by atomic mass is 15.1. The normalized spacial score (nSPS) is 11.3. The molecule has 114 valence electrons. The molecule has 0 aliphatic heterocycles. The molecule has 0 radical (unpaired) electrons. The number of rotatable bonds is 5. The molecule has 0 unspecified atom stereocenters. The van der Waals surface area contributed by atoms with E-state index in [1.165, 1.54) is 5.56 Å². The van der Waals surface area contributed by atoms with E-state index >= 15 is 0 Å². The molecule has 22 heavy (non-hydrogen) atoms. The molecular formula is C18H22N4. The monoisotopic (exact) mass is 294 g/mol. The summed E-state index contributed by atoms with van der Waals surface area (Å²) in [5, 5.41) is 3.57. The summed E-state index contributed by atoms with van der Waals surface area (Å²) in [5.74, 6) is 1.72. The molecule has 1 N–H and O–H groups in total. The van der Waals surface area contributed by atoms with Crippen LogP contribution in [-0.2, 0) is 0 Å². The quantitative estimate of drug-likeness (QED) is 0.768. The molecule has 0 atom stereocenters. The second-order valence-electron chi connectivity index (χ2n) is 6.04. The molecule has 0 aromatic carbocycles. The Kier molecular flexibility index (Phi) is 4.09. The molecule has 0 aliphatic carbocycles. The fourth-order valence-corrected chi connectivity index (χ4v) is 2.56. The molecular weight excluding hydrogens is 272 g/mol. The molecule has 4 nitrogen and oxygen atoms in total. The number of hydrogen-bond donors (Lipinski definition) is 1. The van der Waals surface area contributed by atoms with Crippen LogP contribution in [0.1, 0.15) is 25.8 Å². The van der Waals surface area contributed by atoms with Gasteiger partial charge in [-0.05, 0) is 43.0 Å². The summed E-state index contributed by atoms with van der Waals surface area (Å²) < 4.78 is 2.14. The van der Waals surface area contributed by atoms with Gasteiger partial charge in [0, 0.05) is 30.7 Å². The molecule has 0 fully saturated rings. The first kappa shape index (κ1) is 14.6. The Morgan fingerprint density at radius 3 is 2.82 bits per heavy atom. The summed E-state index contributed by atoms with van der Waals surface area (Å²) in [6.45, 7) is 7.50. The third kappa shape index (κ3) is 2.82. The Bertz CT molecular complexity index is 759. The van der Waals surface area contributed by atoms with Crippen LogP contribution in [0.2, 0.25) is 0 Å². The minimum absolute atomic E-state index is 0.676. The molecule has 0 bridgehead atoms. The van der Waals surface area contributed by atoms with E-state index in [1.807, 2.05) is 12.3 Å². The van der Waals surface area contributed by atoms with Crippen molar-refractivity contribution in [1.29, 1.82) is 0 Å². The molecule has 3 heterocycles. The maximum atomic E-state index is 4.84. The lowest BCUT2D eigenvalue weighted by Crippen LogP contribution is -2.07. The highest BCUT2D eigenvalue weighted by Gasteiger charge is 2.15. The minimum Gasteiger partial charge on any atom is -0.369 e. The minimum atomic E-state index is 0.676. The maximum absolute atomic E-state index is 4.84. The van der Waals surface area contributed by atoms with Gasteiger partial charge < -0.3 is 5.32 Å². The average molecular weight is 294 g/mol. The van der Waals surface area contributed by atoms with Crippen molar-refractivity contribution in [3.63, 3.8) is 0 Å². The van der Waals surface area contributed by atoms with Crippen LogP contribution in [0.15, 0.2) is 42.9 Å². The number of hydrogen-bond acceptors (Lipinski definition) is 3. The molecule has 0 saturated heterocycles. The van der Waals surface area contributed by atoms with Gasteiger partial charge in [0.1, 0.15) is 17.2 Å². The largest absolute Gasteiger partial charge is 0.369 e. The zero-order chi connectivity index (χ0) is 15.5. The lowest BCUT2D eigenvalue weighted by molar-refractivity contribution is 0.606. The number of anilines is 1. The Morgan fingerprint density at radius 1 is 1.23 bits per heavy atom. The van der Waals surface area contributed by atoms with Gasteiger partial charge in [0.2, 0.25) is 0 Å². The van der Waals surface area contributed by atoms with Crippen molar-refractivity contribution in [2.45, 2.75) is 27.2 Å². The Morgan fingerprint density at radius 2 is 2.09 bits per heavy atom. The van der Waals surface area contributed by atoms with E-state index in [-0.39, 0.29) is 0 Å². The molecule has 0 spiro atoms. The maximum Gasteiger partial charge on any atom is 0.142 e. The molecule has 3 aromatic rings. The topological polar surface area (TPSA) is 42.2 Å². The molecule has 0 aliphatic rings. The van der Waals surface area contributed by atoms with Crippen molar-refractivity contribution in [1.82, 2.24) is 14.4 Å². The van der Waals surface area contributed by atoms with Crippen molar-refractivity contribution in [3.8, 4) is 11.3 Å². The second-order valence-corrected chi connectivity index (χ2v) is 6.04. The Labute approximate surface area is 131 Å².